The highest BCUT2D eigenvalue weighted by atomic mass is 35.5. The molecule has 0 bridgehead atoms. The van der Waals surface area contributed by atoms with Gasteiger partial charge in [-0.3, -0.25) is 0 Å². The third kappa shape index (κ3) is 2.84. The van der Waals surface area contributed by atoms with Crippen LogP contribution in [0.3, 0.4) is 0 Å². The van der Waals surface area contributed by atoms with Crippen molar-refractivity contribution in [3.05, 3.63) is 68.8 Å². The van der Waals surface area contributed by atoms with Gasteiger partial charge in [0.05, 0.1) is 0 Å². The highest BCUT2D eigenvalue weighted by Gasteiger charge is 2.06. The molecule has 0 saturated heterocycles. The van der Waals surface area contributed by atoms with Crippen molar-refractivity contribution >= 4 is 35.1 Å². The van der Waals surface area contributed by atoms with Gasteiger partial charge in [-0.25, -0.2) is 0 Å². The van der Waals surface area contributed by atoms with Gasteiger partial charge in [0, 0.05) is 27.7 Å². The quantitative estimate of drug-likeness (QED) is 0.342. The van der Waals surface area contributed by atoms with E-state index in [9.17, 15) is 5.21 Å². The first-order valence-corrected chi connectivity index (χ1v) is 6.15. The molecule has 0 heterocycles. The zero-order valence-corrected chi connectivity index (χ0v) is 11.2. The van der Waals surface area contributed by atoms with Gasteiger partial charge in [-0.15, -0.1) is 0 Å². The first-order chi connectivity index (χ1) is 8.58. The fourth-order valence-corrected chi connectivity index (χ4v) is 1.94. The molecule has 18 heavy (non-hydrogen) atoms. The van der Waals surface area contributed by atoms with Crippen molar-refractivity contribution in [3.8, 4) is 0 Å². The van der Waals surface area contributed by atoms with Gasteiger partial charge in [-0.1, -0.05) is 35.3 Å². The van der Waals surface area contributed by atoms with Gasteiger partial charge < -0.3 is 5.21 Å². The molecule has 0 unspecified atom stereocenters. The molecule has 0 radical (unpaired) electrons. The molecule has 2 rings (SSSR count). The maximum absolute atomic E-state index is 12.0. The minimum absolute atomic E-state index is 0.488. The van der Waals surface area contributed by atoms with Gasteiger partial charge in [0.1, 0.15) is 0 Å². The van der Waals surface area contributed by atoms with Crippen molar-refractivity contribution in [1.29, 1.82) is 0 Å². The lowest BCUT2D eigenvalue weighted by Gasteiger charge is -2.05. The molecule has 4 heteroatoms. The molecule has 0 spiro atoms. The van der Waals surface area contributed by atoms with E-state index in [1.807, 2.05) is 19.1 Å². The average molecular weight is 280 g/mol. The maximum atomic E-state index is 12.0. The van der Waals surface area contributed by atoms with Crippen LogP contribution in [0, 0.1) is 12.1 Å². The van der Waals surface area contributed by atoms with E-state index in [2.05, 4.69) is 0 Å². The number of benzene rings is 2. The summed E-state index contributed by atoms with van der Waals surface area (Å²) >= 11 is 11.9. The summed E-state index contributed by atoms with van der Waals surface area (Å²) in [6, 6.07) is 12.2. The summed E-state index contributed by atoms with van der Waals surface area (Å²) < 4.78 is 0.782. The molecule has 0 aromatic heterocycles. The van der Waals surface area contributed by atoms with Gasteiger partial charge in [-0.05, 0) is 30.7 Å². The van der Waals surface area contributed by atoms with Crippen LogP contribution in [0.15, 0.2) is 42.5 Å². The van der Waals surface area contributed by atoms with Crippen LogP contribution >= 0.6 is 23.2 Å². The molecule has 0 aliphatic heterocycles. The molecule has 2 aromatic carbocycles. The summed E-state index contributed by atoms with van der Waals surface area (Å²) in [5.41, 5.74) is 2.15. The Morgan fingerprint density at radius 1 is 1.11 bits per heavy atom. The van der Waals surface area contributed by atoms with Crippen LogP contribution in [-0.4, -0.2) is 11.0 Å². The van der Waals surface area contributed by atoms with Crippen LogP contribution in [-0.2, 0) is 0 Å². The highest BCUT2D eigenvalue weighted by Crippen LogP contribution is 2.20. The van der Waals surface area contributed by atoms with Gasteiger partial charge in [0.15, 0.2) is 6.21 Å². The van der Waals surface area contributed by atoms with Crippen LogP contribution < -0.4 is 0 Å². The van der Waals surface area contributed by atoms with Crippen LogP contribution in [0.2, 0.25) is 10.0 Å². The second kappa shape index (κ2) is 5.42. The predicted molar refractivity (Wildman–Crippen MR) is 76.1 cm³/mol. The van der Waals surface area contributed by atoms with E-state index in [-0.39, 0.29) is 0 Å². The Kier molecular flexibility index (Phi) is 3.90. The lowest BCUT2D eigenvalue weighted by Crippen LogP contribution is -2.00. The van der Waals surface area contributed by atoms with E-state index >= 15 is 0 Å². The first kappa shape index (κ1) is 12.9. The smallest absolute Gasteiger partial charge is 0.217 e. The third-order valence-corrected chi connectivity index (χ3v) is 3.27. The van der Waals surface area contributed by atoms with E-state index in [1.54, 1.807) is 30.3 Å². The summed E-state index contributed by atoms with van der Waals surface area (Å²) in [5, 5.41) is 13.2. The Bertz CT molecular complexity index is 608. The molecule has 0 N–H and O–H groups in total. The minimum atomic E-state index is 0.488. The van der Waals surface area contributed by atoms with E-state index in [0.717, 1.165) is 15.9 Å². The lowest BCUT2D eigenvalue weighted by molar-refractivity contribution is -0.354. The summed E-state index contributed by atoms with van der Waals surface area (Å²) in [6.07, 6.45) is 1.49. The molecule has 2 aromatic rings. The topological polar surface area (TPSA) is 26.1 Å². The largest absolute Gasteiger partial charge is 0.618 e. The molecule has 0 saturated carbocycles. The first-order valence-electron chi connectivity index (χ1n) is 5.40. The number of hydrogen-bond acceptors (Lipinski definition) is 1. The summed E-state index contributed by atoms with van der Waals surface area (Å²) in [5.74, 6) is 0. The van der Waals surface area contributed by atoms with Crippen molar-refractivity contribution in [2.45, 2.75) is 6.92 Å². The number of nitrogens with zero attached hydrogens (tertiary/aromatic N) is 1. The predicted octanol–water partition coefficient (Wildman–Crippen LogP) is 4.56. The van der Waals surface area contributed by atoms with Crippen LogP contribution in [0.25, 0.3) is 0 Å². The van der Waals surface area contributed by atoms with E-state index in [1.165, 1.54) is 6.21 Å². The molecule has 0 fully saturated rings. The van der Waals surface area contributed by atoms with Crippen LogP contribution in [0.5, 0.6) is 0 Å². The molecule has 2 nitrogen and oxygen atoms in total. The maximum Gasteiger partial charge on any atom is 0.217 e. The Morgan fingerprint density at radius 3 is 2.56 bits per heavy atom. The molecule has 92 valence electrons. The zero-order valence-electron chi connectivity index (χ0n) is 9.73. The van der Waals surface area contributed by atoms with Crippen molar-refractivity contribution in [2.24, 2.45) is 0 Å². The highest BCUT2D eigenvalue weighted by molar-refractivity contribution is 6.31. The molecular weight excluding hydrogens is 269 g/mol. The minimum Gasteiger partial charge on any atom is -0.618 e. The standard InChI is InChI=1S/C14H11Cl2NO/c1-10-11(4-2-7-14(10)16)9-17(18)13-6-3-5-12(15)8-13/h2-9H,1H3. The second-order valence-corrected chi connectivity index (χ2v) is 4.73. The summed E-state index contributed by atoms with van der Waals surface area (Å²) in [7, 11) is 0. The Labute approximate surface area is 116 Å². The van der Waals surface area contributed by atoms with Crippen molar-refractivity contribution in [3.63, 3.8) is 0 Å². The normalized spacial score (nSPS) is 11.6. The SMILES string of the molecule is Cc1c(Cl)cccc1C=[N+]([O-])c1cccc(Cl)c1. The Morgan fingerprint density at radius 2 is 1.83 bits per heavy atom. The summed E-state index contributed by atoms with van der Waals surface area (Å²) in [4.78, 5) is 0. The Balaban J connectivity index is 2.42. The monoisotopic (exact) mass is 279 g/mol. The molecule has 0 aliphatic rings. The summed E-state index contributed by atoms with van der Waals surface area (Å²) in [6.45, 7) is 1.87. The van der Waals surface area contributed by atoms with Crippen LogP contribution in [0.1, 0.15) is 11.1 Å². The van der Waals surface area contributed by atoms with E-state index < -0.39 is 0 Å². The Hall–Kier alpha value is -1.51. The second-order valence-electron chi connectivity index (χ2n) is 3.89. The van der Waals surface area contributed by atoms with Crippen molar-refractivity contribution in [1.82, 2.24) is 0 Å². The van der Waals surface area contributed by atoms with Crippen molar-refractivity contribution < 1.29 is 4.74 Å². The van der Waals surface area contributed by atoms with Gasteiger partial charge in [0.2, 0.25) is 5.69 Å². The molecular formula is C14H11Cl2NO. The van der Waals surface area contributed by atoms with E-state index in [4.69, 9.17) is 23.2 Å². The number of rotatable bonds is 2. The number of hydrogen-bond donors (Lipinski definition) is 0. The van der Waals surface area contributed by atoms with Gasteiger partial charge >= 0.3 is 0 Å². The fraction of sp³-hybridized carbons (Fsp3) is 0.0714. The van der Waals surface area contributed by atoms with Crippen molar-refractivity contribution in [2.75, 3.05) is 0 Å². The fourth-order valence-electron chi connectivity index (χ4n) is 1.58. The van der Waals surface area contributed by atoms with Crippen LogP contribution in [0.4, 0.5) is 5.69 Å². The zero-order chi connectivity index (χ0) is 13.1. The third-order valence-electron chi connectivity index (χ3n) is 2.63. The number of halogens is 2. The lowest BCUT2D eigenvalue weighted by atomic mass is 10.1. The average Bonchev–Trinajstić information content (AvgIpc) is 2.35. The molecule has 0 atom stereocenters. The molecule has 0 amide bonds. The van der Waals surface area contributed by atoms with Gasteiger partial charge in [-0.2, -0.15) is 4.74 Å². The van der Waals surface area contributed by atoms with E-state index in [0.29, 0.717) is 15.7 Å². The van der Waals surface area contributed by atoms with Gasteiger partial charge in [0.25, 0.3) is 0 Å². The molecule has 0 aliphatic carbocycles.